The van der Waals surface area contributed by atoms with E-state index in [9.17, 15) is 14.4 Å². The maximum atomic E-state index is 12.5. The smallest absolute Gasteiger partial charge is 0.269 e. The molecular formula is C21H24N4O3. The number of aromatic nitrogens is 2. The van der Waals surface area contributed by atoms with Gasteiger partial charge in [0.2, 0.25) is 5.91 Å². The van der Waals surface area contributed by atoms with Crippen molar-refractivity contribution in [1.29, 1.82) is 0 Å². The Morgan fingerprint density at radius 3 is 2.86 bits per heavy atom. The highest BCUT2D eigenvalue weighted by atomic mass is 16.2. The Balaban J connectivity index is 1.25. The summed E-state index contributed by atoms with van der Waals surface area (Å²) in [4.78, 5) is 41.7. The third kappa shape index (κ3) is 2.99. The first kappa shape index (κ1) is 17.4. The summed E-state index contributed by atoms with van der Waals surface area (Å²) in [5.74, 6) is 2.17. The van der Waals surface area contributed by atoms with Crippen molar-refractivity contribution >= 4 is 22.7 Å². The molecule has 3 aliphatic rings. The number of hydrogen-bond donors (Lipinski definition) is 2. The number of nitrogens with zero attached hydrogens (tertiary/aromatic N) is 2. The predicted octanol–water partition coefficient (Wildman–Crippen LogP) is 1.93. The number of rotatable bonds is 3. The van der Waals surface area contributed by atoms with Gasteiger partial charge in [-0.2, -0.15) is 0 Å². The molecule has 3 atom stereocenters. The van der Waals surface area contributed by atoms with Gasteiger partial charge in [-0.25, -0.2) is 4.98 Å². The lowest BCUT2D eigenvalue weighted by atomic mass is 9.86. The fraction of sp³-hybridized carbons (Fsp3) is 0.524. The molecule has 28 heavy (non-hydrogen) atoms. The molecule has 1 aliphatic heterocycles. The summed E-state index contributed by atoms with van der Waals surface area (Å²) in [6.45, 7) is 0.702. The van der Waals surface area contributed by atoms with Gasteiger partial charge in [-0.1, -0.05) is 6.42 Å². The SMILES string of the molecule is O=C(C[C@@H]1C[C@@H]2CC[C@@H]1C2)NNC(=O)c1ccc2c(=O)n3c(nc2c1)CCC3. The van der Waals surface area contributed by atoms with Gasteiger partial charge in [-0.3, -0.25) is 29.8 Å². The van der Waals surface area contributed by atoms with Gasteiger partial charge in [0, 0.05) is 24.9 Å². The Hall–Kier alpha value is -2.70. The van der Waals surface area contributed by atoms with Crippen molar-refractivity contribution in [2.75, 3.05) is 0 Å². The van der Waals surface area contributed by atoms with E-state index in [-0.39, 0.29) is 11.5 Å². The van der Waals surface area contributed by atoms with Crippen molar-refractivity contribution in [3.05, 3.63) is 39.9 Å². The van der Waals surface area contributed by atoms with Crippen LogP contribution in [0.15, 0.2) is 23.0 Å². The highest BCUT2D eigenvalue weighted by molar-refractivity contribution is 5.98. The van der Waals surface area contributed by atoms with E-state index in [1.54, 1.807) is 22.8 Å². The zero-order chi connectivity index (χ0) is 19.3. The van der Waals surface area contributed by atoms with Gasteiger partial charge in [0.1, 0.15) is 5.82 Å². The van der Waals surface area contributed by atoms with Crippen molar-refractivity contribution in [2.24, 2.45) is 17.8 Å². The predicted molar refractivity (Wildman–Crippen MR) is 103 cm³/mol. The van der Waals surface area contributed by atoms with Crippen LogP contribution < -0.4 is 16.4 Å². The number of benzene rings is 1. The normalized spacial score (nSPS) is 25.1. The lowest BCUT2D eigenvalue weighted by molar-refractivity contribution is -0.123. The molecule has 1 aromatic heterocycles. The highest BCUT2D eigenvalue weighted by Gasteiger charge is 2.40. The Morgan fingerprint density at radius 2 is 2.07 bits per heavy atom. The standard InChI is InChI=1S/C21H24N4O3/c26-19(11-15-9-12-3-4-13(15)8-12)23-24-20(27)14-5-6-16-17(10-14)22-18-2-1-7-25(18)21(16)28/h5-6,10,12-13,15H,1-4,7-9,11H2,(H,23,26)(H,24,27)/t12-,13-,15+/m1/s1. The fourth-order valence-electron chi connectivity index (χ4n) is 5.34. The van der Waals surface area contributed by atoms with Gasteiger partial charge in [-0.05, 0) is 61.6 Å². The van der Waals surface area contributed by atoms with Gasteiger partial charge < -0.3 is 0 Å². The number of hydrazine groups is 1. The first-order valence-electron chi connectivity index (χ1n) is 10.2. The lowest BCUT2D eigenvalue weighted by Crippen LogP contribution is -2.42. The summed E-state index contributed by atoms with van der Waals surface area (Å²) >= 11 is 0. The largest absolute Gasteiger partial charge is 0.296 e. The van der Waals surface area contributed by atoms with E-state index in [0.29, 0.717) is 41.3 Å². The van der Waals surface area contributed by atoms with Crippen LogP contribution in [0.4, 0.5) is 0 Å². The van der Waals surface area contributed by atoms with Crippen LogP contribution in [0.3, 0.4) is 0 Å². The minimum absolute atomic E-state index is 0.0522. The van der Waals surface area contributed by atoms with Crippen LogP contribution >= 0.6 is 0 Å². The lowest BCUT2D eigenvalue weighted by Gasteiger charge is -2.20. The molecule has 5 rings (SSSR count). The van der Waals surface area contributed by atoms with Gasteiger partial charge in [-0.15, -0.1) is 0 Å². The fourth-order valence-corrected chi connectivity index (χ4v) is 5.34. The van der Waals surface area contributed by atoms with Gasteiger partial charge in [0.15, 0.2) is 0 Å². The maximum Gasteiger partial charge on any atom is 0.269 e. The van der Waals surface area contributed by atoms with Crippen LogP contribution in [0.2, 0.25) is 0 Å². The minimum Gasteiger partial charge on any atom is -0.296 e. The van der Waals surface area contributed by atoms with Crippen molar-refractivity contribution in [1.82, 2.24) is 20.4 Å². The Labute approximate surface area is 162 Å². The van der Waals surface area contributed by atoms with E-state index in [2.05, 4.69) is 15.8 Å². The number of carbonyl (C=O) groups excluding carboxylic acids is 2. The molecule has 146 valence electrons. The van der Waals surface area contributed by atoms with Gasteiger partial charge >= 0.3 is 0 Å². The number of aryl methyl sites for hydroxylation is 1. The van der Waals surface area contributed by atoms with E-state index >= 15 is 0 Å². The maximum absolute atomic E-state index is 12.5. The van der Waals surface area contributed by atoms with Crippen LogP contribution in [0.1, 0.15) is 54.7 Å². The van der Waals surface area contributed by atoms with Crippen LogP contribution in [0.5, 0.6) is 0 Å². The minimum atomic E-state index is -0.398. The molecule has 2 aromatic rings. The molecule has 2 fully saturated rings. The van der Waals surface area contributed by atoms with Crippen molar-refractivity contribution in [2.45, 2.75) is 51.5 Å². The van der Waals surface area contributed by atoms with Crippen LogP contribution in [0, 0.1) is 17.8 Å². The Kier molecular flexibility index (Phi) is 4.18. The van der Waals surface area contributed by atoms with Crippen LogP contribution in [-0.4, -0.2) is 21.4 Å². The molecule has 0 spiro atoms. The monoisotopic (exact) mass is 380 g/mol. The second kappa shape index (κ2) is 6.72. The summed E-state index contributed by atoms with van der Waals surface area (Å²) in [6.07, 6.45) is 7.12. The number of fused-ring (bicyclic) bond motifs is 4. The quantitative estimate of drug-likeness (QED) is 0.796. The molecule has 1 aromatic carbocycles. The molecule has 0 radical (unpaired) electrons. The summed E-state index contributed by atoms with van der Waals surface area (Å²) < 4.78 is 1.71. The topological polar surface area (TPSA) is 93.1 Å². The number of amides is 2. The zero-order valence-electron chi connectivity index (χ0n) is 15.7. The van der Waals surface area contributed by atoms with E-state index in [0.717, 1.165) is 31.0 Å². The summed E-state index contributed by atoms with van der Waals surface area (Å²) in [6, 6.07) is 4.86. The van der Waals surface area contributed by atoms with Crippen LogP contribution in [0.25, 0.3) is 10.9 Å². The molecule has 2 aliphatic carbocycles. The van der Waals surface area contributed by atoms with E-state index in [1.807, 2.05) is 0 Å². The molecule has 2 heterocycles. The van der Waals surface area contributed by atoms with Gasteiger partial charge in [0.25, 0.3) is 11.5 Å². The molecule has 7 heteroatoms. The molecule has 0 saturated heterocycles. The molecule has 2 saturated carbocycles. The number of carbonyl (C=O) groups is 2. The van der Waals surface area contributed by atoms with Crippen molar-refractivity contribution < 1.29 is 9.59 Å². The average Bonchev–Trinajstić information content (AvgIpc) is 3.42. The summed E-state index contributed by atoms with van der Waals surface area (Å²) in [5.41, 5.74) is 5.89. The molecule has 2 N–H and O–H groups in total. The van der Waals surface area contributed by atoms with E-state index in [4.69, 9.17) is 0 Å². The Bertz CT molecular complexity index is 1030. The molecule has 0 unspecified atom stereocenters. The number of hydrogen-bond acceptors (Lipinski definition) is 4. The third-order valence-corrected chi connectivity index (χ3v) is 6.73. The summed E-state index contributed by atoms with van der Waals surface area (Å²) in [7, 11) is 0. The van der Waals surface area contributed by atoms with Crippen molar-refractivity contribution in [3.63, 3.8) is 0 Å². The van der Waals surface area contributed by atoms with E-state index < -0.39 is 5.91 Å². The third-order valence-electron chi connectivity index (χ3n) is 6.73. The van der Waals surface area contributed by atoms with Gasteiger partial charge in [0.05, 0.1) is 10.9 Å². The molecule has 2 amide bonds. The van der Waals surface area contributed by atoms with E-state index in [1.165, 1.54) is 19.3 Å². The van der Waals surface area contributed by atoms with Crippen molar-refractivity contribution in [3.8, 4) is 0 Å². The molecule has 7 nitrogen and oxygen atoms in total. The van der Waals surface area contributed by atoms with Crippen LogP contribution in [-0.2, 0) is 17.8 Å². The average molecular weight is 380 g/mol. The second-order valence-electron chi connectivity index (χ2n) is 8.46. The zero-order valence-corrected chi connectivity index (χ0v) is 15.7. The molecular weight excluding hydrogens is 356 g/mol. The second-order valence-corrected chi connectivity index (χ2v) is 8.46. The molecule has 2 bridgehead atoms. The summed E-state index contributed by atoms with van der Waals surface area (Å²) in [5, 5.41) is 0.516. The number of nitrogens with one attached hydrogen (secondary N) is 2. The Morgan fingerprint density at radius 1 is 1.18 bits per heavy atom. The first-order valence-corrected chi connectivity index (χ1v) is 10.2. The first-order chi connectivity index (χ1) is 13.6. The highest BCUT2D eigenvalue weighted by Crippen LogP contribution is 2.49.